The van der Waals surface area contributed by atoms with Gasteiger partial charge in [0.05, 0.1) is 53.7 Å². The predicted octanol–water partition coefficient (Wildman–Crippen LogP) is 12.6. The maximum Gasteiger partial charge on any atom is 0.130 e. The molecular weight excluding hydrogens is 659 g/mol. The second-order valence-electron chi connectivity index (χ2n) is 16.2. The zero-order valence-corrected chi connectivity index (χ0v) is 36.3. The Balaban J connectivity index is 4.13. The zero-order chi connectivity index (χ0) is 38.6. The van der Waals surface area contributed by atoms with E-state index in [4.69, 9.17) is 24.1 Å². The van der Waals surface area contributed by atoms with E-state index in [-0.39, 0.29) is 12.7 Å². The lowest BCUT2D eigenvalue weighted by Gasteiger charge is -2.33. The van der Waals surface area contributed by atoms with Crippen molar-refractivity contribution in [2.24, 2.45) is 0 Å². The molecule has 0 aromatic rings. The summed E-state index contributed by atoms with van der Waals surface area (Å²) in [7, 11) is 4.52. The van der Waals surface area contributed by atoms with Crippen LogP contribution in [0, 0.1) is 0 Å². The molecule has 0 saturated heterocycles. The second kappa shape index (κ2) is 44.0. The van der Waals surface area contributed by atoms with Crippen molar-refractivity contribution in [2.75, 3.05) is 80.0 Å². The van der Waals surface area contributed by atoms with Gasteiger partial charge in [0.15, 0.2) is 0 Å². The van der Waals surface area contributed by atoms with Crippen LogP contribution in [0.5, 0.6) is 0 Å². The summed E-state index contributed by atoms with van der Waals surface area (Å²) in [5.41, 5.74) is 0. The maximum atomic E-state index is 8.86. The molecule has 0 aliphatic carbocycles. The Morgan fingerprint density at radius 3 is 1.28 bits per heavy atom. The predicted molar refractivity (Wildman–Crippen MR) is 230 cm³/mol. The standard InChI is InChI=1S/C47H94NO5/c1-5-7-9-11-13-15-17-19-21-23-25-27-29-31-33-35-39-52-46-47(45-48(3,4)37-41-50-43-44-51-42-38-49)53-40-36-34-32-30-28-26-24-22-20-18-16-14-12-10-8-6-2/h19-22,47,49H,5-18,23-46H2,1-4H3/q+1/b21-19-,22-20-. The summed E-state index contributed by atoms with van der Waals surface area (Å²) in [6.45, 7) is 11.0. The van der Waals surface area contributed by atoms with Gasteiger partial charge in [-0.05, 0) is 64.2 Å². The van der Waals surface area contributed by atoms with Gasteiger partial charge in [-0.25, -0.2) is 0 Å². The van der Waals surface area contributed by atoms with Gasteiger partial charge in [0, 0.05) is 13.2 Å². The summed E-state index contributed by atoms with van der Waals surface area (Å²) in [6.07, 6.45) is 46.9. The van der Waals surface area contributed by atoms with E-state index in [9.17, 15) is 0 Å². The van der Waals surface area contributed by atoms with E-state index in [2.05, 4.69) is 52.2 Å². The first-order valence-corrected chi connectivity index (χ1v) is 23.1. The van der Waals surface area contributed by atoms with E-state index in [0.29, 0.717) is 33.0 Å². The molecule has 0 aliphatic rings. The van der Waals surface area contributed by atoms with Crippen LogP contribution in [0.2, 0.25) is 0 Å². The van der Waals surface area contributed by atoms with E-state index in [1.165, 1.54) is 167 Å². The fourth-order valence-corrected chi connectivity index (χ4v) is 6.76. The third-order valence-corrected chi connectivity index (χ3v) is 10.3. The molecule has 1 unspecified atom stereocenters. The number of aliphatic hydroxyl groups is 1. The Morgan fingerprint density at radius 1 is 0.434 bits per heavy atom. The van der Waals surface area contributed by atoms with Crippen LogP contribution < -0.4 is 0 Å². The fourth-order valence-electron chi connectivity index (χ4n) is 6.76. The normalized spacial score (nSPS) is 12.9. The van der Waals surface area contributed by atoms with E-state index >= 15 is 0 Å². The lowest BCUT2D eigenvalue weighted by molar-refractivity contribution is -0.894. The molecule has 6 nitrogen and oxygen atoms in total. The van der Waals surface area contributed by atoms with Crippen LogP contribution in [-0.2, 0) is 18.9 Å². The van der Waals surface area contributed by atoms with Gasteiger partial charge in [-0.3, -0.25) is 0 Å². The van der Waals surface area contributed by atoms with Crippen LogP contribution in [0.15, 0.2) is 24.3 Å². The number of ether oxygens (including phenoxy) is 4. The zero-order valence-electron chi connectivity index (χ0n) is 36.3. The van der Waals surface area contributed by atoms with Crippen molar-refractivity contribution in [3.8, 4) is 0 Å². The lowest BCUT2D eigenvalue weighted by Crippen LogP contribution is -2.49. The third-order valence-electron chi connectivity index (χ3n) is 10.3. The molecule has 0 aromatic carbocycles. The average molecular weight is 753 g/mol. The highest BCUT2D eigenvalue weighted by atomic mass is 16.5. The van der Waals surface area contributed by atoms with Gasteiger partial charge in [0.2, 0.25) is 0 Å². The quantitative estimate of drug-likeness (QED) is 0.0381. The van der Waals surface area contributed by atoms with Crippen molar-refractivity contribution in [3.05, 3.63) is 24.3 Å². The van der Waals surface area contributed by atoms with Crippen LogP contribution in [-0.4, -0.2) is 95.7 Å². The molecule has 0 rings (SSSR count). The topological polar surface area (TPSA) is 57.2 Å². The molecule has 316 valence electrons. The van der Waals surface area contributed by atoms with Gasteiger partial charge in [0.25, 0.3) is 0 Å². The molecule has 0 heterocycles. The molecule has 0 saturated carbocycles. The molecule has 1 atom stereocenters. The van der Waals surface area contributed by atoms with Crippen molar-refractivity contribution in [1.29, 1.82) is 0 Å². The van der Waals surface area contributed by atoms with E-state index in [1.807, 2.05) is 0 Å². The minimum Gasteiger partial charge on any atom is -0.394 e. The minimum absolute atomic E-state index is 0.0577. The lowest BCUT2D eigenvalue weighted by atomic mass is 10.1. The number of rotatable bonds is 45. The molecule has 0 spiro atoms. The van der Waals surface area contributed by atoms with Crippen molar-refractivity contribution in [1.82, 2.24) is 0 Å². The average Bonchev–Trinajstić information content (AvgIpc) is 3.15. The number of hydrogen-bond acceptors (Lipinski definition) is 5. The molecule has 0 aromatic heterocycles. The first-order chi connectivity index (χ1) is 26.1. The number of hydrogen-bond donors (Lipinski definition) is 1. The van der Waals surface area contributed by atoms with Crippen molar-refractivity contribution in [3.63, 3.8) is 0 Å². The fraction of sp³-hybridized carbons (Fsp3) is 0.915. The van der Waals surface area contributed by atoms with Crippen LogP contribution in [0.25, 0.3) is 0 Å². The smallest absolute Gasteiger partial charge is 0.130 e. The Labute approximate surface area is 331 Å². The van der Waals surface area contributed by atoms with Gasteiger partial charge >= 0.3 is 0 Å². The number of unbranched alkanes of at least 4 members (excludes halogenated alkanes) is 24. The van der Waals surface area contributed by atoms with Gasteiger partial charge < -0.3 is 28.5 Å². The van der Waals surface area contributed by atoms with E-state index in [1.54, 1.807) is 0 Å². The number of allylic oxidation sites excluding steroid dienone is 4. The van der Waals surface area contributed by atoms with Crippen molar-refractivity contribution < 1.29 is 28.5 Å². The molecule has 6 heteroatoms. The SMILES string of the molecule is CCCCCCCC/C=C\CCCCCCCCOCC(C[N+](C)(C)CCOCCOCCO)OCCCCCCCC/C=C\CCCCCCCC. The van der Waals surface area contributed by atoms with Gasteiger partial charge in [0.1, 0.15) is 19.2 Å². The number of aliphatic hydroxyl groups excluding tert-OH is 1. The van der Waals surface area contributed by atoms with Crippen molar-refractivity contribution in [2.45, 2.75) is 200 Å². The summed E-state index contributed by atoms with van der Waals surface area (Å²) in [4.78, 5) is 0. The molecule has 0 fully saturated rings. The molecule has 0 amide bonds. The maximum absolute atomic E-state index is 8.86. The van der Waals surface area contributed by atoms with E-state index < -0.39 is 0 Å². The van der Waals surface area contributed by atoms with Gasteiger partial charge in [-0.15, -0.1) is 0 Å². The van der Waals surface area contributed by atoms with Gasteiger partial charge in [-0.1, -0.05) is 154 Å². The Hall–Kier alpha value is -0.760. The Kier molecular flexibility index (Phi) is 43.3. The number of likely N-dealkylation sites (N-methyl/N-ethyl adjacent to an activating group) is 1. The summed E-state index contributed by atoms with van der Waals surface area (Å²) >= 11 is 0. The molecule has 53 heavy (non-hydrogen) atoms. The third kappa shape index (κ3) is 43.8. The number of nitrogens with zero attached hydrogens (tertiary/aromatic N) is 1. The molecule has 0 aliphatic heterocycles. The first-order valence-electron chi connectivity index (χ1n) is 23.1. The second-order valence-corrected chi connectivity index (χ2v) is 16.2. The number of quaternary nitrogens is 1. The minimum atomic E-state index is 0.0577. The van der Waals surface area contributed by atoms with Crippen LogP contribution in [0.4, 0.5) is 0 Å². The summed E-state index contributed by atoms with van der Waals surface area (Å²) in [6, 6.07) is 0. The van der Waals surface area contributed by atoms with E-state index in [0.717, 1.165) is 43.6 Å². The molecule has 0 bridgehead atoms. The Morgan fingerprint density at radius 2 is 0.830 bits per heavy atom. The summed E-state index contributed by atoms with van der Waals surface area (Å²) in [5.74, 6) is 0. The molecular formula is C47H94NO5+. The van der Waals surface area contributed by atoms with Gasteiger partial charge in [-0.2, -0.15) is 0 Å². The monoisotopic (exact) mass is 753 g/mol. The van der Waals surface area contributed by atoms with Crippen LogP contribution in [0.1, 0.15) is 194 Å². The highest BCUT2D eigenvalue weighted by Crippen LogP contribution is 2.13. The highest BCUT2D eigenvalue weighted by molar-refractivity contribution is 4.82. The Bertz CT molecular complexity index is 742. The summed E-state index contributed by atoms with van der Waals surface area (Å²) in [5, 5.41) is 8.86. The van der Waals surface area contributed by atoms with Crippen molar-refractivity contribution >= 4 is 0 Å². The summed E-state index contributed by atoms with van der Waals surface area (Å²) < 4.78 is 24.6. The largest absolute Gasteiger partial charge is 0.394 e. The first kappa shape index (κ1) is 52.2. The highest BCUT2D eigenvalue weighted by Gasteiger charge is 2.23. The molecule has 0 radical (unpaired) electrons. The van der Waals surface area contributed by atoms with Crippen LogP contribution >= 0.6 is 0 Å². The van der Waals surface area contributed by atoms with Crippen LogP contribution in [0.3, 0.4) is 0 Å². The molecule has 1 N–H and O–H groups in total.